The van der Waals surface area contributed by atoms with E-state index in [9.17, 15) is 22.8 Å². The normalized spacial score (nSPS) is 20.1. The van der Waals surface area contributed by atoms with Gasteiger partial charge >= 0.3 is 12.1 Å². The molecule has 0 saturated carbocycles. The van der Waals surface area contributed by atoms with Crippen molar-refractivity contribution in [2.24, 2.45) is 0 Å². The molecule has 1 aliphatic heterocycles. The fraction of sp³-hybridized carbons (Fsp3) is 0.385. The number of hydrogen-bond donors (Lipinski definition) is 2. The number of nitrogens with zero attached hydrogens (tertiary/aromatic N) is 1. The van der Waals surface area contributed by atoms with E-state index in [0.29, 0.717) is 5.56 Å². The van der Waals surface area contributed by atoms with Crippen LogP contribution in [0.25, 0.3) is 0 Å². The van der Waals surface area contributed by atoms with E-state index in [1.165, 1.54) is 17.0 Å². The SMILES string of the molecule is O=C1CN(Cc2cccc(C(F)(F)F)c2)C(C(=O)O)CN1. The molecule has 1 aromatic rings. The van der Waals surface area contributed by atoms with E-state index in [2.05, 4.69) is 5.32 Å². The average molecular weight is 302 g/mol. The Balaban J connectivity index is 2.19. The third-order valence-corrected chi connectivity index (χ3v) is 3.21. The average Bonchev–Trinajstić information content (AvgIpc) is 2.37. The number of benzene rings is 1. The van der Waals surface area contributed by atoms with Crippen molar-refractivity contribution < 1.29 is 27.9 Å². The molecule has 2 rings (SSSR count). The van der Waals surface area contributed by atoms with Crippen molar-refractivity contribution in [3.63, 3.8) is 0 Å². The molecule has 5 nitrogen and oxygen atoms in total. The number of halogens is 3. The van der Waals surface area contributed by atoms with Crippen molar-refractivity contribution in [3.8, 4) is 0 Å². The molecule has 1 saturated heterocycles. The summed E-state index contributed by atoms with van der Waals surface area (Å²) in [5, 5.41) is 11.5. The monoisotopic (exact) mass is 302 g/mol. The van der Waals surface area contributed by atoms with Crippen LogP contribution >= 0.6 is 0 Å². The summed E-state index contributed by atoms with van der Waals surface area (Å²) in [5.41, 5.74) is -0.487. The first-order valence-electron chi connectivity index (χ1n) is 6.17. The van der Waals surface area contributed by atoms with Crippen LogP contribution in [-0.2, 0) is 22.3 Å². The highest BCUT2D eigenvalue weighted by Gasteiger charge is 2.33. The second-order valence-electron chi connectivity index (χ2n) is 4.76. The first-order valence-corrected chi connectivity index (χ1v) is 6.17. The quantitative estimate of drug-likeness (QED) is 0.877. The molecule has 8 heteroatoms. The lowest BCUT2D eigenvalue weighted by atomic mass is 10.1. The van der Waals surface area contributed by atoms with E-state index in [1.807, 2.05) is 0 Å². The number of aliphatic carboxylic acids is 1. The molecule has 0 aliphatic carbocycles. The largest absolute Gasteiger partial charge is 0.480 e. The number of piperazine rings is 1. The highest BCUT2D eigenvalue weighted by atomic mass is 19.4. The first kappa shape index (κ1) is 15.3. The fourth-order valence-electron chi connectivity index (χ4n) is 2.18. The van der Waals surface area contributed by atoms with Crippen LogP contribution in [0.15, 0.2) is 24.3 Å². The fourth-order valence-corrected chi connectivity index (χ4v) is 2.18. The molecule has 2 N–H and O–H groups in total. The Hall–Kier alpha value is -2.09. The summed E-state index contributed by atoms with van der Waals surface area (Å²) in [5.74, 6) is -1.47. The topological polar surface area (TPSA) is 69.6 Å². The minimum Gasteiger partial charge on any atom is -0.480 e. The molecule has 21 heavy (non-hydrogen) atoms. The van der Waals surface area contributed by atoms with Gasteiger partial charge in [0.15, 0.2) is 0 Å². The molecule has 1 aliphatic rings. The van der Waals surface area contributed by atoms with Crippen LogP contribution in [-0.4, -0.2) is 41.0 Å². The number of rotatable bonds is 3. The predicted molar refractivity (Wildman–Crippen MR) is 66.3 cm³/mol. The van der Waals surface area contributed by atoms with Crippen LogP contribution in [0.4, 0.5) is 13.2 Å². The lowest BCUT2D eigenvalue weighted by Gasteiger charge is -2.32. The molecule has 0 bridgehead atoms. The Kier molecular flexibility index (Phi) is 4.17. The Labute approximate surface area is 118 Å². The van der Waals surface area contributed by atoms with Crippen molar-refractivity contribution in [1.29, 1.82) is 0 Å². The number of carbonyl (C=O) groups excluding carboxylic acids is 1. The Bertz CT molecular complexity index is 560. The van der Waals surface area contributed by atoms with E-state index in [4.69, 9.17) is 5.11 Å². The zero-order chi connectivity index (χ0) is 15.6. The van der Waals surface area contributed by atoms with Gasteiger partial charge in [0.1, 0.15) is 6.04 Å². The first-order chi connectivity index (χ1) is 9.77. The molecule has 0 radical (unpaired) electrons. The van der Waals surface area contributed by atoms with E-state index >= 15 is 0 Å². The van der Waals surface area contributed by atoms with Crippen molar-refractivity contribution in [2.45, 2.75) is 18.8 Å². The van der Waals surface area contributed by atoms with Crippen LogP contribution in [0.3, 0.4) is 0 Å². The Morgan fingerprint density at radius 1 is 1.43 bits per heavy atom. The number of alkyl halides is 3. The molecule has 1 amide bonds. The number of amides is 1. The van der Waals surface area contributed by atoms with Crippen molar-refractivity contribution >= 4 is 11.9 Å². The molecule has 114 valence electrons. The highest BCUT2D eigenvalue weighted by Crippen LogP contribution is 2.29. The van der Waals surface area contributed by atoms with Gasteiger partial charge in [-0.2, -0.15) is 13.2 Å². The van der Waals surface area contributed by atoms with E-state index in [-0.39, 0.29) is 25.5 Å². The summed E-state index contributed by atoms with van der Waals surface area (Å²) in [7, 11) is 0. The maximum atomic E-state index is 12.6. The van der Waals surface area contributed by atoms with E-state index in [0.717, 1.165) is 12.1 Å². The zero-order valence-electron chi connectivity index (χ0n) is 10.9. The van der Waals surface area contributed by atoms with E-state index in [1.54, 1.807) is 0 Å². The predicted octanol–water partition coefficient (Wildman–Crippen LogP) is 1.09. The lowest BCUT2D eigenvalue weighted by molar-refractivity contribution is -0.146. The summed E-state index contributed by atoms with van der Waals surface area (Å²) < 4.78 is 37.9. The van der Waals surface area contributed by atoms with Crippen LogP contribution in [0.2, 0.25) is 0 Å². The Morgan fingerprint density at radius 3 is 2.76 bits per heavy atom. The Morgan fingerprint density at radius 2 is 2.14 bits per heavy atom. The molecule has 1 fully saturated rings. The molecule has 0 aromatic heterocycles. The summed E-state index contributed by atoms with van der Waals surface area (Å²) in [4.78, 5) is 23.8. The summed E-state index contributed by atoms with van der Waals surface area (Å²) >= 11 is 0. The zero-order valence-corrected chi connectivity index (χ0v) is 10.9. The van der Waals surface area contributed by atoms with Gasteiger partial charge in [-0.15, -0.1) is 0 Å². The molecule has 1 atom stereocenters. The van der Waals surface area contributed by atoms with Gasteiger partial charge in [-0.1, -0.05) is 18.2 Å². The van der Waals surface area contributed by atoms with Crippen LogP contribution in [0, 0.1) is 0 Å². The second-order valence-corrected chi connectivity index (χ2v) is 4.76. The van der Waals surface area contributed by atoms with Gasteiger partial charge in [0, 0.05) is 13.1 Å². The molecule has 1 heterocycles. The maximum absolute atomic E-state index is 12.6. The minimum absolute atomic E-state index is 0.0334. The van der Waals surface area contributed by atoms with Crippen molar-refractivity contribution in [1.82, 2.24) is 10.2 Å². The van der Waals surface area contributed by atoms with Crippen LogP contribution < -0.4 is 5.32 Å². The smallest absolute Gasteiger partial charge is 0.416 e. The van der Waals surface area contributed by atoms with Gasteiger partial charge in [0.05, 0.1) is 12.1 Å². The highest BCUT2D eigenvalue weighted by molar-refractivity contribution is 5.83. The van der Waals surface area contributed by atoms with Crippen LogP contribution in [0.5, 0.6) is 0 Å². The minimum atomic E-state index is -4.46. The number of nitrogens with one attached hydrogen (secondary N) is 1. The molecular formula is C13H13F3N2O3. The second kappa shape index (κ2) is 5.72. The third-order valence-electron chi connectivity index (χ3n) is 3.21. The van der Waals surface area contributed by atoms with Gasteiger partial charge in [-0.25, -0.2) is 0 Å². The van der Waals surface area contributed by atoms with Crippen LogP contribution in [0.1, 0.15) is 11.1 Å². The van der Waals surface area contributed by atoms with Gasteiger partial charge in [0.25, 0.3) is 0 Å². The summed E-state index contributed by atoms with van der Waals surface area (Å²) in [6.07, 6.45) is -4.46. The number of carboxylic acids is 1. The van der Waals surface area contributed by atoms with Gasteiger partial charge in [-0.05, 0) is 11.6 Å². The standard InChI is InChI=1S/C13H13F3N2O3/c14-13(15,16)9-3-1-2-8(4-9)6-18-7-11(19)17-5-10(18)12(20)21/h1-4,10H,5-7H2,(H,17,19)(H,20,21). The summed E-state index contributed by atoms with van der Waals surface area (Å²) in [6.45, 7) is -0.255. The third kappa shape index (κ3) is 3.72. The van der Waals surface area contributed by atoms with Crippen molar-refractivity contribution in [2.75, 3.05) is 13.1 Å². The molecular weight excluding hydrogens is 289 g/mol. The molecule has 1 unspecified atom stereocenters. The number of carboxylic acid groups (broad SMARTS) is 1. The van der Waals surface area contributed by atoms with Crippen molar-refractivity contribution in [3.05, 3.63) is 35.4 Å². The van der Waals surface area contributed by atoms with Gasteiger partial charge < -0.3 is 10.4 Å². The molecule has 1 aromatic carbocycles. The van der Waals surface area contributed by atoms with Gasteiger partial charge in [0.2, 0.25) is 5.91 Å². The summed E-state index contributed by atoms with van der Waals surface area (Å²) in [6, 6.07) is 3.70. The number of hydrogen-bond acceptors (Lipinski definition) is 3. The number of carbonyl (C=O) groups is 2. The lowest BCUT2D eigenvalue weighted by Crippen LogP contribution is -2.56. The maximum Gasteiger partial charge on any atom is 0.416 e. The molecule has 0 spiro atoms. The van der Waals surface area contributed by atoms with Gasteiger partial charge in [-0.3, -0.25) is 14.5 Å². The van der Waals surface area contributed by atoms with E-state index < -0.39 is 23.8 Å².